The number of aryl methyl sites for hydroxylation is 1. The Morgan fingerprint density at radius 1 is 1.11 bits per heavy atom. The molecule has 0 radical (unpaired) electrons. The Bertz CT molecular complexity index is 1380. The molecule has 0 saturated carbocycles. The summed E-state index contributed by atoms with van der Waals surface area (Å²) in [7, 11) is -3.84. The lowest BCUT2D eigenvalue weighted by Crippen LogP contribution is -2.50. The van der Waals surface area contributed by atoms with Crippen LogP contribution in [-0.4, -0.2) is 79.2 Å². The van der Waals surface area contributed by atoms with Gasteiger partial charge >= 0.3 is 6.09 Å². The summed E-state index contributed by atoms with van der Waals surface area (Å²) in [6.07, 6.45) is -0.790. The number of rotatable bonds is 6. The van der Waals surface area contributed by atoms with Gasteiger partial charge < -0.3 is 9.26 Å². The molecule has 1 amide bonds. The van der Waals surface area contributed by atoms with Crippen molar-refractivity contribution in [2.24, 2.45) is 0 Å². The molecular formula is C23H23ClFN5O5S. The number of amides is 1. The lowest BCUT2D eigenvalue weighted by atomic mass is 10.2. The van der Waals surface area contributed by atoms with Crippen LogP contribution in [0.5, 0.6) is 0 Å². The molecule has 36 heavy (non-hydrogen) atoms. The number of hydrogen-bond donors (Lipinski definition) is 0. The maximum Gasteiger partial charge on any atom is 0.414 e. The standard InChI is InChI=1S/C23H23ClFN5O5S/c1-15-26-22(27-35-15)16-2-5-18(6-3-16)30-14-19(34-23(30)31)13-28-8-10-29(11-9-28)36(32,33)21-7-4-17(25)12-20(21)24/h2-7,12,19H,8-11,13-14H2,1H3. The van der Waals surface area contributed by atoms with Gasteiger partial charge in [-0.1, -0.05) is 16.8 Å². The molecule has 190 valence electrons. The minimum absolute atomic E-state index is 0.111. The van der Waals surface area contributed by atoms with Crippen molar-refractivity contribution < 1.29 is 26.9 Å². The number of ether oxygens (including phenoxy) is 1. The number of carbonyl (C=O) groups excluding carboxylic acids is 1. The number of carbonyl (C=O) groups is 1. The normalized spacial score (nSPS) is 19.6. The zero-order chi connectivity index (χ0) is 25.4. The van der Waals surface area contributed by atoms with Crippen LogP contribution >= 0.6 is 11.6 Å². The van der Waals surface area contributed by atoms with Gasteiger partial charge in [-0.3, -0.25) is 9.80 Å². The van der Waals surface area contributed by atoms with E-state index in [1.807, 2.05) is 12.1 Å². The van der Waals surface area contributed by atoms with Gasteiger partial charge in [0.25, 0.3) is 0 Å². The molecule has 0 spiro atoms. The number of nitrogens with zero attached hydrogens (tertiary/aromatic N) is 5. The molecular weight excluding hydrogens is 513 g/mol. The highest BCUT2D eigenvalue weighted by atomic mass is 35.5. The summed E-state index contributed by atoms with van der Waals surface area (Å²) >= 11 is 5.97. The van der Waals surface area contributed by atoms with Crippen LogP contribution in [0.3, 0.4) is 0 Å². The lowest BCUT2D eigenvalue weighted by molar-refractivity contribution is 0.0937. The highest BCUT2D eigenvalue weighted by Crippen LogP contribution is 2.28. The van der Waals surface area contributed by atoms with Gasteiger partial charge in [0.05, 0.1) is 11.6 Å². The molecule has 1 unspecified atom stereocenters. The zero-order valence-electron chi connectivity index (χ0n) is 19.3. The zero-order valence-corrected chi connectivity index (χ0v) is 20.9. The highest BCUT2D eigenvalue weighted by molar-refractivity contribution is 7.89. The van der Waals surface area contributed by atoms with Crippen molar-refractivity contribution in [3.05, 3.63) is 59.2 Å². The van der Waals surface area contributed by atoms with Gasteiger partial charge in [0.15, 0.2) is 0 Å². The summed E-state index contributed by atoms with van der Waals surface area (Å²) in [6.45, 7) is 3.99. The van der Waals surface area contributed by atoms with Crippen molar-refractivity contribution >= 4 is 33.4 Å². The summed E-state index contributed by atoms with van der Waals surface area (Å²) in [6, 6.07) is 10.5. The van der Waals surface area contributed by atoms with Gasteiger partial charge in [-0.2, -0.15) is 9.29 Å². The van der Waals surface area contributed by atoms with Gasteiger partial charge in [-0.15, -0.1) is 0 Å². The van der Waals surface area contributed by atoms with Gasteiger partial charge in [-0.05, 0) is 42.5 Å². The summed E-state index contributed by atoms with van der Waals surface area (Å²) in [4.78, 5) is 20.2. The predicted molar refractivity (Wildman–Crippen MR) is 129 cm³/mol. The van der Waals surface area contributed by atoms with Crippen molar-refractivity contribution in [2.75, 3.05) is 44.2 Å². The maximum atomic E-state index is 13.3. The number of sulfonamides is 1. The van der Waals surface area contributed by atoms with E-state index in [0.29, 0.717) is 43.6 Å². The van der Waals surface area contributed by atoms with Crippen LogP contribution in [-0.2, 0) is 14.8 Å². The fraction of sp³-hybridized carbons (Fsp3) is 0.348. The third-order valence-corrected chi connectivity index (χ3v) is 8.53. The van der Waals surface area contributed by atoms with Crippen LogP contribution in [0.15, 0.2) is 51.9 Å². The number of piperazine rings is 1. The molecule has 5 rings (SSSR count). The van der Waals surface area contributed by atoms with Gasteiger partial charge in [0.1, 0.15) is 16.8 Å². The van der Waals surface area contributed by atoms with E-state index in [1.165, 1.54) is 10.4 Å². The van der Waals surface area contributed by atoms with Crippen LogP contribution < -0.4 is 4.90 Å². The average molecular weight is 536 g/mol. The predicted octanol–water partition coefficient (Wildman–Crippen LogP) is 3.17. The third kappa shape index (κ3) is 4.94. The maximum absolute atomic E-state index is 13.3. The van der Waals surface area contributed by atoms with Crippen molar-refractivity contribution in [3.63, 3.8) is 0 Å². The van der Waals surface area contributed by atoms with Crippen LogP contribution in [0.2, 0.25) is 5.02 Å². The number of anilines is 1. The van der Waals surface area contributed by atoms with Crippen molar-refractivity contribution in [1.82, 2.24) is 19.3 Å². The van der Waals surface area contributed by atoms with Gasteiger partial charge in [0.2, 0.25) is 21.7 Å². The summed E-state index contributed by atoms with van der Waals surface area (Å²) < 4.78 is 51.1. The Morgan fingerprint density at radius 3 is 2.47 bits per heavy atom. The lowest BCUT2D eigenvalue weighted by Gasteiger charge is -2.34. The van der Waals surface area contributed by atoms with Crippen LogP contribution in [0.25, 0.3) is 11.4 Å². The smallest absolute Gasteiger partial charge is 0.414 e. The van der Waals surface area contributed by atoms with E-state index in [9.17, 15) is 17.6 Å². The van der Waals surface area contributed by atoms with Crippen LogP contribution in [0.1, 0.15) is 5.89 Å². The second-order valence-electron chi connectivity index (χ2n) is 8.58. The van der Waals surface area contributed by atoms with Crippen LogP contribution in [0.4, 0.5) is 14.9 Å². The van der Waals surface area contributed by atoms with Gasteiger partial charge in [-0.25, -0.2) is 17.6 Å². The molecule has 3 heterocycles. The minimum atomic E-state index is -3.84. The number of cyclic esters (lactones) is 1. The monoisotopic (exact) mass is 535 g/mol. The van der Waals surface area contributed by atoms with E-state index in [1.54, 1.807) is 24.0 Å². The first kappa shape index (κ1) is 24.6. The van der Waals surface area contributed by atoms with Gasteiger partial charge in [0, 0.05) is 50.9 Å². The Hall–Kier alpha value is -3.06. The molecule has 2 saturated heterocycles. The SMILES string of the molecule is Cc1nc(-c2ccc(N3CC(CN4CCN(S(=O)(=O)c5ccc(F)cc5Cl)CC4)OC3=O)cc2)no1. The molecule has 3 aromatic rings. The molecule has 13 heteroatoms. The largest absolute Gasteiger partial charge is 0.443 e. The Morgan fingerprint density at radius 2 is 1.83 bits per heavy atom. The summed E-state index contributed by atoms with van der Waals surface area (Å²) in [5.41, 5.74) is 1.47. The first-order valence-corrected chi connectivity index (χ1v) is 13.1. The Balaban J connectivity index is 1.17. The molecule has 2 aliphatic heterocycles. The summed E-state index contributed by atoms with van der Waals surface area (Å²) in [5, 5.41) is 3.75. The Labute approximate surface area is 212 Å². The second kappa shape index (κ2) is 9.77. The quantitative estimate of drug-likeness (QED) is 0.473. The molecule has 2 aromatic carbocycles. The van der Waals surface area contributed by atoms with Crippen molar-refractivity contribution in [2.45, 2.75) is 17.9 Å². The van der Waals surface area contributed by atoms with E-state index in [-0.39, 0.29) is 29.1 Å². The first-order chi connectivity index (χ1) is 17.2. The van der Waals surface area contributed by atoms with E-state index in [4.69, 9.17) is 20.9 Å². The number of halogens is 2. The molecule has 0 aliphatic carbocycles. The van der Waals surface area contributed by atoms with Crippen LogP contribution in [0, 0.1) is 12.7 Å². The molecule has 0 N–H and O–H groups in total. The van der Waals surface area contributed by atoms with Crippen molar-refractivity contribution in [1.29, 1.82) is 0 Å². The van der Waals surface area contributed by atoms with E-state index >= 15 is 0 Å². The fourth-order valence-electron chi connectivity index (χ4n) is 4.30. The molecule has 2 aliphatic rings. The number of hydrogen-bond acceptors (Lipinski definition) is 8. The first-order valence-electron chi connectivity index (χ1n) is 11.3. The molecule has 10 nitrogen and oxygen atoms in total. The summed E-state index contributed by atoms with van der Waals surface area (Å²) in [5.74, 6) is 0.350. The molecule has 2 fully saturated rings. The second-order valence-corrected chi connectivity index (χ2v) is 10.9. The Kier molecular flexibility index (Phi) is 6.68. The number of aromatic nitrogens is 2. The highest BCUT2D eigenvalue weighted by Gasteiger charge is 2.36. The number of benzene rings is 2. The van der Waals surface area contributed by atoms with E-state index < -0.39 is 21.9 Å². The topological polar surface area (TPSA) is 109 Å². The fourth-order valence-corrected chi connectivity index (χ4v) is 6.23. The van der Waals surface area contributed by atoms with E-state index in [2.05, 4.69) is 15.0 Å². The third-order valence-electron chi connectivity index (χ3n) is 6.14. The molecule has 1 aromatic heterocycles. The average Bonchev–Trinajstić information content (AvgIpc) is 3.44. The molecule has 0 bridgehead atoms. The van der Waals surface area contributed by atoms with Crippen molar-refractivity contribution in [3.8, 4) is 11.4 Å². The minimum Gasteiger partial charge on any atom is -0.443 e. The molecule has 1 atom stereocenters. The van der Waals surface area contributed by atoms with E-state index in [0.717, 1.165) is 17.7 Å².